The highest BCUT2D eigenvalue weighted by atomic mass is 35.5. The summed E-state index contributed by atoms with van der Waals surface area (Å²) in [6.45, 7) is 0.994. The maximum atomic E-state index is 11.3. The van der Waals surface area contributed by atoms with E-state index >= 15 is 0 Å². The number of nitrogens with zero attached hydrogens (tertiary/aromatic N) is 3. The second-order valence-electron chi connectivity index (χ2n) is 7.88. The molecule has 170 valence electrons. The number of fused-ring (bicyclic) bond motifs is 1. The summed E-state index contributed by atoms with van der Waals surface area (Å²) in [7, 11) is 0. The van der Waals surface area contributed by atoms with Crippen molar-refractivity contribution in [1.82, 2.24) is 15.0 Å². The molecule has 9 heteroatoms. The summed E-state index contributed by atoms with van der Waals surface area (Å²) in [5, 5.41) is 25.1. The highest BCUT2D eigenvalue weighted by molar-refractivity contribution is 7.09. The Morgan fingerprint density at radius 2 is 2.03 bits per heavy atom. The lowest BCUT2D eigenvalue weighted by Gasteiger charge is -2.17. The zero-order valence-corrected chi connectivity index (χ0v) is 19.3. The van der Waals surface area contributed by atoms with Gasteiger partial charge in [-0.25, -0.2) is 15.0 Å². The smallest absolute Gasteiger partial charge is 0.303 e. The van der Waals surface area contributed by atoms with Crippen LogP contribution in [0.2, 0.25) is 0 Å². The van der Waals surface area contributed by atoms with Crippen LogP contribution in [0.5, 0.6) is 5.88 Å². The lowest BCUT2D eigenvalue weighted by molar-refractivity contribution is -0.137. The Morgan fingerprint density at radius 3 is 2.81 bits per heavy atom. The number of aromatic nitrogens is 3. The third-order valence-corrected chi connectivity index (χ3v) is 6.45. The molecule has 3 aromatic rings. The Bertz CT molecular complexity index is 1040. The number of carbonyl (C=O) groups is 1. The van der Waals surface area contributed by atoms with Crippen molar-refractivity contribution in [1.29, 1.82) is 0 Å². The molecule has 4 rings (SSSR count). The number of anilines is 1. The molecule has 0 unspecified atom stereocenters. The van der Waals surface area contributed by atoms with Gasteiger partial charge in [0, 0.05) is 35.8 Å². The molecule has 0 aromatic carbocycles. The molecule has 3 N–H and O–H groups in total. The monoisotopic (exact) mass is 474 g/mol. The van der Waals surface area contributed by atoms with Gasteiger partial charge < -0.3 is 15.5 Å². The maximum Gasteiger partial charge on any atom is 0.303 e. The molecule has 32 heavy (non-hydrogen) atoms. The van der Waals surface area contributed by atoms with Gasteiger partial charge in [-0.15, -0.1) is 23.7 Å². The number of aryl methyl sites for hydroxylation is 3. The molecule has 1 atom stereocenters. The van der Waals surface area contributed by atoms with Gasteiger partial charge in [-0.3, -0.25) is 4.79 Å². The Balaban J connectivity index is 0.00000289. The first-order chi connectivity index (χ1) is 15.1. The Hall–Kier alpha value is -2.71. The molecule has 0 spiro atoms. The van der Waals surface area contributed by atoms with Crippen LogP contribution in [0, 0.1) is 0 Å². The normalized spacial score (nSPS) is 13.5. The molecule has 0 amide bonds. The van der Waals surface area contributed by atoms with Crippen LogP contribution >= 0.6 is 23.7 Å². The van der Waals surface area contributed by atoms with Crippen molar-refractivity contribution in [2.75, 3.05) is 11.9 Å². The molecule has 3 aromatic heterocycles. The summed E-state index contributed by atoms with van der Waals surface area (Å²) >= 11 is 1.62. The van der Waals surface area contributed by atoms with Crippen molar-refractivity contribution < 1.29 is 15.0 Å². The van der Waals surface area contributed by atoms with Crippen molar-refractivity contribution in [2.24, 2.45) is 0 Å². The van der Waals surface area contributed by atoms with E-state index in [1.165, 1.54) is 17.8 Å². The third-order valence-electron chi connectivity index (χ3n) is 5.49. The topological polar surface area (TPSA) is 108 Å². The molecule has 0 bridgehead atoms. The quantitative estimate of drug-likeness (QED) is 0.422. The second kappa shape index (κ2) is 11.2. The molecular weight excluding hydrogens is 448 g/mol. The fraction of sp³-hybridized carbons (Fsp3) is 0.391. The van der Waals surface area contributed by atoms with E-state index in [2.05, 4.69) is 22.4 Å². The number of nitrogens with one attached hydrogen (secondary N) is 1. The van der Waals surface area contributed by atoms with Gasteiger partial charge in [0.1, 0.15) is 5.82 Å². The zero-order chi connectivity index (χ0) is 21.6. The van der Waals surface area contributed by atoms with Crippen molar-refractivity contribution >= 4 is 35.5 Å². The van der Waals surface area contributed by atoms with Crippen molar-refractivity contribution in [3.05, 3.63) is 63.4 Å². The molecule has 0 aliphatic carbocycles. The first kappa shape index (κ1) is 23.9. The van der Waals surface area contributed by atoms with Gasteiger partial charge in [0.15, 0.2) is 0 Å². The number of pyridine rings is 2. The van der Waals surface area contributed by atoms with Gasteiger partial charge in [0.2, 0.25) is 5.88 Å². The molecule has 1 aliphatic heterocycles. The van der Waals surface area contributed by atoms with Crippen molar-refractivity contribution in [3.8, 4) is 5.88 Å². The van der Waals surface area contributed by atoms with E-state index < -0.39 is 5.97 Å². The van der Waals surface area contributed by atoms with E-state index in [-0.39, 0.29) is 30.6 Å². The SMILES string of the molecule is Cl.O=C(O)C[C@H](Cc1csc(CCCc2ccc3c(n2)NCCC3)n1)c1ccc(O)nc1. The van der Waals surface area contributed by atoms with Crippen LogP contribution in [0.15, 0.2) is 35.8 Å². The van der Waals surface area contributed by atoms with Gasteiger partial charge in [0.25, 0.3) is 0 Å². The minimum Gasteiger partial charge on any atom is -0.493 e. The van der Waals surface area contributed by atoms with E-state index in [1.54, 1.807) is 17.4 Å². The summed E-state index contributed by atoms with van der Waals surface area (Å²) in [5.41, 5.74) is 4.10. The van der Waals surface area contributed by atoms with E-state index in [1.807, 2.05) is 5.38 Å². The fourth-order valence-electron chi connectivity index (χ4n) is 3.90. The van der Waals surface area contributed by atoms with Crippen LogP contribution < -0.4 is 5.32 Å². The molecule has 4 heterocycles. The lowest BCUT2D eigenvalue weighted by Crippen LogP contribution is -2.14. The number of hydrogen-bond donors (Lipinski definition) is 3. The summed E-state index contributed by atoms with van der Waals surface area (Å²) in [4.78, 5) is 24.7. The summed E-state index contributed by atoms with van der Waals surface area (Å²) in [6, 6.07) is 7.53. The predicted octanol–water partition coefficient (Wildman–Crippen LogP) is 4.39. The Kier molecular flexibility index (Phi) is 8.41. The Labute approximate surface area is 197 Å². The van der Waals surface area contributed by atoms with Crippen LogP contribution in [0.25, 0.3) is 0 Å². The number of halogens is 1. The van der Waals surface area contributed by atoms with Crippen molar-refractivity contribution in [2.45, 2.75) is 50.9 Å². The maximum absolute atomic E-state index is 11.3. The van der Waals surface area contributed by atoms with Crippen LogP contribution in [0.1, 0.15) is 52.7 Å². The van der Waals surface area contributed by atoms with Crippen LogP contribution in [0.4, 0.5) is 5.82 Å². The first-order valence-electron chi connectivity index (χ1n) is 10.6. The molecule has 0 saturated carbocycles. The average molecular weight is 475 g/mol. The molecule has 0 saturated heterocycles. The fourth-order valence-corrected chi connectivity index (χ4v) is 4.75. The van der Waals surface area contributed by atoms with Crippen molar-refractivity contribution in [3.63, 3.8) is 0 Å². The molecule has 0 fully saturated rings. The van der Waals surface area contributed by atoms with Crippen LogP contribution in [-0.2, 0) is 30.5 Å². The summed E-state index contributed by atoms with van der Waals surface area (Å²) in [5.74, 6) is -0.125. The predicted molar refractivity (Wildman–Crippen MR) is 127 cm³/mol. The molecule has 1 aliphatic rings. The number of thiazole rings is 1. The van der Waals surface area contributed by atoms with E-state index in [4.69, 9.17) is 9.97 Å². The lowest BCUT2D eigenvalue weighted by atomic mass is 9.92. The second-order valence-corrected chi connectivity index (χ2v) is 8.82. The summed E-state index contributed by atoms with van der Waals surface area (Å²) in [6.07, 6.45) is 7.09. The number of aromatic hydroxyl groups is 1. The minimum absolute atomic E-state index is 0. The first-order valence-corrected chi connectivity index (χ1v) is 11.5. The number of rotatable bonds is 9. The zero-order valence-electron chi connectivity index (χ0n) is 17.7. The highest BCUT2D eigenvalue weighted by Crippen LogP contribution is 2.26. The van der Waals surface area contributed by atoms with E-state index in [0.29, 0.717) is 6.42 Å². The largest absolute Gasteiger partial charge is 0.493 e. The Morgan fingerprint density at radius 1 is 1.16 bits per heavy atom. The molecule has 0 radical (unpaired) electrons. The van der Waals surface area contributed by atoms with Crippen LogP contribution in [0.3, 0.4) is 0 Å². The van der Waals surface area contributed by atoms with Gasteiger partial charge >= 0.3 is 5.97 Å². The van der Waals surface area contributed by atoms with E-state index in [9.17, 15) is 15.0 Å². The number of aliphatic carboxylic acids is 1. The van der Waals surface area contributed by atoms with Gasteiger partial charge in [-0.05, 0) is 55.7 Å². The highest BCUT2D eigenvalue weighted by Gasteiger charge is 2.18. The summed E-state index contributed by atoms with van der Waals surface area (Å²) < 4.78 is 0. The number of carboxylic acids is 1. The number of hydrogen-bond acceptors (Lipinski definition) is 7. The number of carboxylic acid groups (broad SMARTS) is 1. The minimum atomic E-state index is -0.861. The van der Waals surface area contributed by atoms with E-state index in [0.717, 1.165) is 66.4 Å². The standard InChI is InChI=1S/C23H26N4O3S.ClH/c28-20-9-7-16(13-25-20)17(12-22(29)30)11-19-14-31-21(26-19)5-1-4-18-8-6-15-3-2-10-24-23(15)27-18;/h6-9,13-14,17H,1-5,10-12H2,(H,24,27)(H,25,28)(H,29,30);1H/t17-;/m0./s1. The molecular formula is C23H27ClN4O3S. The third kappa shape index (κ3) is 6.40. The van der Waals surface area contributed by atoms with Gasteiger partial charge in [0.05, 0.1) is 17.1 Å². The van der Waals surface area contributed by atoms with Gasteiger partial charge in [-0.1, -0.05) is 12.1 Å². The van der Waals surface area contributed by atoms with Crippen LogP contribution in [-0.4, -0.2) is 37.7 Å². The average Bonchev–Trinajstić information content (AvgIpc) is 3.20. The molecule has 7 nitrogen and oxygen atoms in total. The van der Waals surface area contributed by atoms with Gasteiger partial charge in [-0.2, -0.15) is 0 Å².